The minimum absolute atomic E-state index is 0.0488. The van der Waals surface area contributed by atoms with Crippen LogP contribution in [-0.4, -0.2) is 85.7 Å². The van der Waals surface area contributed by atoms with Gasteiger partial charge >= 0.3 is 0 Å². The van der Waals surface area contributed by atoms with E-state index in [0.29, 0.717) is 46.9 Å². The first kappa shape index (κ1) is 41.5. The van der Waals surface area contributed by atoms with Crippen molar-refractivity contribution in [1.29, 1.82) is 0 Å². The monoisotopic (exact) mass is 761 g/mol. The van der Waals surface area contributed by atoms with E-state index in [4.69, 9.17) is 9.57 Å². The molecule has 2 aromatic rings. The van der Waals surface area contributed by atoms with Gasteiger partial charge in [0, 0.05) is 55.0 Å². The third-order valence-electron chi connectivity index (χ3n) is 14.2. The van der Waals surface area contributed by atoms with E-state index in [1.807, 2.05) is 49.3 Å². The van der Waals surface area contributed by atoms with E-state index in [1.54, 1.807) is 19.1 Å². The summed E-state index contributed by atoms with van der Waals surface area (Å²) in [6, 6.07) is 11.0. The largest absolute Gasteiger partial charge is 0.496 e. The maximum absolute atomic E-state index is 14.3. The van der Waals surface area contributed by atoms with Crippen LogP contribution in [0.1, 0.15) is 108 Å². The number of hydrogen-bond donors (Lipinski definition) is 4. The highest BCUT2D eigenvalue weighted by Gasteiger charge is 2.57. The lowest BCUT2D eigenvalue weighted by Crippen LogP contribution is -2.62. The van der Waals surface area contributed by atoms with Crippen molar-refractivity contribution in [3.8, 4) is 16.9 Å². The molecule has 1 saturated heterocycles. The molecule has 1 unspecified atom stereocenters. The van der Waals surface area contributed by atoms with Crippen molar-refractivity contribution in [2.75, 3.05) is 39.3 Å². The molecule has 4 N–H and O–H groups in total. The molecule has 2 aromatic carbocycles. The Morgan fingerprint density at radius 1 is 1.07 bits per heavy atom. The number of nitrogens with one attached hydrogen (secondary N) is 2. The standard InChI is InChI=1S/C45H68N4O6/c1-9-11-29-14-16-30(17-15-29)18-19-46-43(52)33-20-32(21-35(22-33)48(6)7)36-13-10-12-31(42(36)54-8)25-49-41(40(28(3)51)39(26-50)55-49)44(53)47-38-24-34-23-37(27(38)2)45(34,4)5/h10,12-13,20-22,27-30,34,37-41,50-51H,9,11,14-19,23-26H2,1-8H3,(H,46,52)(H,47,53)/t27-,28-,29?,30?,34+,37-,38-,39-,40?,41-/m0/s1. The SMILES string of the molecule is CCCC1CCC(CCNC(=O)c2cc(-c3cccc(CN4O[C@@H](CO)C([C@H](C)O)[C@H]4C(=O)N[C@H]4C[C@H]5C[C@@H]([C@@H]4C)C5(C)C)c3OC)cc(N(C)C)c2)CC1. The predicted molar refractivity (Wildman–Crippen MR) is 218 cm³/mol. The second-order valence-electron chi connectivity index (χ2n) is 18.1. The average Bonchev–Trinajstić information content (AvgIpc) is 3.54. The summed E-state index contributed by atoms with van der Waals surface area (Å²) in [6.45, 7) is 11.4. The van der Waals surface area contributed by atoms with E-state index in [1.165, 1.54) is 44.9 Å². The average molecular weight is 761 g/mol. The topological polar surface area (TPSA) is 124 Å². The molecule has 8 atom stereocenters. The molecule has 10 nitrogen and oxygen atoms in total. The molecule has 7 rings (SSSR count). The number of anilines is 1. The maximum Gasteiger partial charge on any atom is 0.251 e. The summed E-state index contributed by atoms with van der Waals surface area (Å²) < 4.78 is 6.10. The molecule has 5 fully saturated rings. The van der Waals surface area contributed by atoms with Gasteiger partial charge in [-0.2, -0.15) is 5.06 Å². The van der Waals surface area contributed by atoms with Crippen LogP contribution in [0.3, 0.4) is 0 Å². The maximum atomic E-state index is 14.3. The second kappa shape index (κ2) is 17.5. The Labute approximate surface area is 329 Å². The van der Waals surface area contributed by atoms with Crippen LogP contribution in [0.5, 0.6) is 5.75 Å². The number of nitrogens with zero attached hydrogens (tertiary/aromatic N) is 2. The fraction of sp³-hybridized carbons (Fsp3) is 0.689. The minimum atomic E-state index is -0.888. The van der Waals surface area contributed by atoms with Crippen molar-refractivity contribution in [2.24, 2.45) is 40.9 Å². The highest BCUT2D eigenvalue weighted by atomic mass is 16.7. The molecule has 2 bridgehead atoms. The minimum Gasteiger partial charge on any atom is -0.496 e. The Balaban J connectivity index is 1.21. The zero-order valence-corrected chi connectivity index (χ0v) is 34.6. The highest BCUT2D eigenvalue weighted by molar-refractivity contribution is 5.97. The van der Waals surface area contributed by atoms with E-state index in [2.05, 4.69) is 44.4 Å². The van der Waals surface area contributed by atoms with Gasteiger partial charge < -0.3 is 30.5 Å². The number of carbonyl (C=O) groups excluding carboxylic acids is 2. The first-order valence-electron chi connectivity index (χ1n) is 21.1. The number of aliphatic hydroxyl groups is 2. The molecular formula is C45H68N4O6. The number of methoxy groups -OCH3 is 1. The van der Waals surface area contributed by atoms with Crippen LogP contribution in [0, 0.1) is 40.9 Å². The number of para-hydroxylation sites is 1. The Bertz CT molecular complexity index is 1640. The summed E-state index contributed by atoms with van der Waals surface area (Å²) >= 11 is 0. The molecule has 5 aliphatic rings. The molecule has 1 heterocycles. The Morgan fingerprint density at radius 3 is 2.38 bits per heavy atom. The summed E-state index contributed by atoms with van der Waals surface area (Å²) in [5.41, 5.74) is 4.20. The van der Waals surface area contributed by atoms with Gasteiger partial charge in [0.15, 0.2) is 0 Å². The summed E-state index contributed by atoms with van der Waals surface area (Å²) in [7, 11) is 5.56. The molecule has 0 radical (unpaired) electrons. The molecule has 1 aliphatic heterocycles. The number of fused-ring (bicyclic) bond motifs is 2. The third kappa shape index (κ3) is 8.73. The third-order valence-corrected chi connectivity index (χ3v) is 14.2. The molecule has 2 amide bonds. The Kier molecular flexibility index (Phi) is 13.2. The van der Waals surface area contributed by atoms with E-state index < -0.39 is 24.2 Å². The second-order valence-corrected chi connectivity index (χ2v) is 18.1. The van der Waals surface area contributed by atoms with Crippen molar-refractivity contribution < 1.29 is 29.4 Å². The zero-order valence-electron chi connectivity index (χ0n) is 34.6. The summed E-state index contributed by atoms with van der Waals surface area (Å²) in [4.78, 5) is 36.2. The van der Waals surface area contributed by atoms with Gasteiger partial charge in [-0.3, -0.25) is 14.4 Å². The molecule has 55 heavy (non-hydrogen) atoms. The van der Waals surface area contributed by atoms with E-state index >= 15 is 0 Å². The fourth-order valence-electron chi connectivity index (χ4n) is 10.7. The molecular weight excluding hydrogens is 693 g/mol. The van der Waals surface area contributed by atoms with Gasteiger partial charge in [0.2, 0.25) is 5.91 Å². The molecule has 10 heteroatoms. The van der Waals surface area contributed by atoms with Crippen molar-refractivity contribution in [2.45, 2.75) is 123 Å². The number of aliphatic hydroxyl groups excluding tert-OH is 2. The number of ether oxygens (including phenoxy) is 1. The first-order chi connectivity index (χ1) is 26.3. The number of benzene rings is 2. The van der Waals surface area contributed by atoms with Crippen molar-refractivity contribution in [3.63, 3.8) is 0 Å². The van der Waals surface area contributed by atoms with Crippen LogP contribution in [0.25, 0.3) is 11.1 Å². The lowest BCUT2D eigenvalue weighted by Gasteiger charge is -2.62. The van der Waals surface area contributed by atoms with Crippen LogP contribution >= 0.6 is 0 Å². The van der Waals surface area contributed by atoms with Gasteiger partial charge in [-0.15, -0.1) is 0 Å². The van der Waals surface area contributed by atoms with Gasteiger partial charge in [-0.25, -0.2) is 0 Å². The Morgan fingerprint density at radius 2 is 1.78 bits per heavy atom. The zero-order chi connectivity index (χ0) is 39.6. The number of carbonyl (C=O) groups is 2. The van der Waals surface area contributed by atoms with Crippen LogP contribution in [0.15, 0.2) is 36.4 Å². The van der Waals surface area contributed by atoms with Crippen molar-refractivity contribution >= 4 is 17.5 Å². The van der Waals surface area contributed by atoms with Crippen LogP contribution in [0.2, 0.25) is 0 Å². The fourth-order valence-corrected chi connectivity index (χ4v) is 10.7. The molecule has 0 aromatic heterocycles. The van der Waals surface area contributed by atoms with Gasteiger partial charge in [-0.1, -0.05) is 84.4 Å². The molecule has 4 aliphatic carbocycles. The van der Waals surface area contributed by atoms with Crippen LogP contribution < -0.4 is 20.3 Å². The van der Waals surface area contributed by atoms with Gasteiger partial charge in [0.05, 0.1) is 26.4 Å². The van der Waals surface area contributed by atoms with E-state index in [0.717, 1.165) is 41.1 Å². The number of amides is 2. The Hall–Kier alpha value is -3.18. The van der Waals surface area contributed by atoms with Gasteiger partial charge in [0.25, 0.3) is 5.91 Å². The molecule has 0 spiro atoms. The normalized spacial score (nSPS) is 30.6. The van der Waals surface area contributed by atoms with Crippen molar-refractivity contribution in [3.05, 3.63) is 47.5 Å². The lowest BCUT2D eigenvalue weighted by atomic mass is 9.45. The lowest BCUT2D eigenvalue weighted by molar-refractivity contribution is -0.183. The van der Waals surface area contributed by atoms with Crippen LogP contribution in [0.4, 0.5) is 5.69 Å². The summed E-state index contributed by atoms with van der Waals surface area (Å²) in [5, 5.41) is 29.5. The smallest absolute Gasteiger partial charge is 0.251 e. The van der Waals surface area contributed by atoms with Crippen molar-refractivity contribution in [1.82, 2.24) is 15.7 Å². The number of rotatable bonds is 15. The van der Waals surface area contributed by atoms with Crippen LogP contribution in [-0.2, 0) is 16.2 Å². The van der Waals surface area contributed by atoms with E-state index in [9.17, 15) is 19.8 Å². The predicted octanol–water partition coefficient (Wildman–Crippen LogP) is 6.82. The van der Waals surface area contributed by atoms with Gasteiger partial charge in [0.1, 0.15) is 17.9 Å². The van der Waals surface area contributed by atoms with E-state index in [-0.39, 0.29) is 31.0 Å². The van der Waals surface area contributed by atoms with Gasteiger partial charge in [-0.05, 0) is 85.0 Å². The quantitative estimate of drug-likeness (QED) is 0.156. The number of hydroxylamine groups is 2. The highest BCUT2D eigenvalue weighted by Crippen LogP contribution is 2.61. The number of hydrogen-bond acceptors (Lipinski definition) is 8. The molecule has 304 valence electrons. The summed E-state index contributed by atoms with van der Waals surface area (Å²) in [6.07, 6.45) is 9.24. The first-order valence-corrected chi connectivity index (χ1v) is 21.1. The molecule has 4 saturated carbocycles. The summed E-state index contributed by atoms with van der Waals surface area (Å²) in [5.74, 6) is 2.73.